The number of rotatable bonds is 8. The molecule has 1 N–H and O–H groups in total. The van der Waals surface area contributed by atoms with Gasteiger partial charge in [-0.1, -0.05) is 29.8 Å². The summed E-state index contributed by atoms with van der Waals surface area (Å²) in [5, 5.41) is 2.37. The maximum absolute atomic E-state index is 13.5. The molecule has 3 aromatic rings. The Bertz CT molecular complexity index is 1220. The molecule has 1 amide bonds. The molecule has 0 saturated carbocycles. The van der Waals surface area contributed by atoms with Crippen LogP contribution in [-0.4, -0.2) is 35.1 Å². The van der Waals surface area contributed by atoms with E-state index >= 15 is 0 Å². The van der Waals surface area contributed by atoms with Crippen molar-refractivity contribution in [1.82, 2.24) is 0 Å². The molecule has 0 saturated heterocycles. The number of benzene rings is 3. The van der Waals surface area contributed by atoms with Gasteiger partial charge in [0.25, 0.3) is 10.0 Å². The molecule has 3 aromatic carbocycles. The van der Waals surface area contributed by atoms with Crippen molar-refractivity contribution in [2.24, 2.45) is 0 Å². The molecular weight excluding hydrogens is 459 g/mol. The number of sulfonamides is 1. The second-order valence-corrected chi connectivity index (χ2v) is 8.81. The maximum atomic E-state index is 13.5. The Labute approximate surface area is 190 Å². The summed E-state index contributed by atoms with van der Waals surface area (Å²) in [4.78, 5) is 12.6. The third-order valence-corrected chi connectivity index (χ3v) is 6.54. The fourth-order valence-electron chi connectivity index (χ4n) is 2.92. The zero-order chi connectivity index (χ0) is 23.3. The average molecular weight is 479 g/mol. The number of para-hydroxylation sites is 1. The minimum absolute atomic E-state index is 0.0865. The molecule has 0 unspecified atom stereocenters. The van der Waals surface area contributed by atoms with E-state index in [2.05, 4.69) is 5.32 Å². The summed E-state index contributed by atoms with van der Waals surface area (Å²) in [5.41, 5.74) is 0.521. The van der Waals surface area contributed by atoms with E-state index in [0.29, 0.717) is 5.75 Å². The van der Waals surface area contributed by atoms with Gasteiger partial charge in [0.15, 0.2) is 11.5 Å². The Hall–Kier alpha value is -3.30. The van der Waals surface area contributed by atoms with Crippen LogP contribution in [0.15, 0.2) is 71.6 Å². The molecule has 0 bridgehead atoms. The van der Waals surface area contributed by atoms with Crippen molar-refractivity contribution in [2.75, 3.05) is 30.4 Å². The van der Waals surface area contributed by atoms with Gasteiger partial charge in [0.1, 0.15) is 12.4 Å². The fraction of sp³-hybridized carbons (Fsp3) is 0.136. The van der Waals surface area contributed by atoms with Gasteiger partial charge in [-0.3, -0.25) is 9.10 Å². The number of carbonyl (C=O) groups is 1. The normalized spacial score (nSPS) is 11.0. The highest BCUT2D eigenvalue weighted by molar-refractivity contribution is 7.92. The highest BCUT2D eigenvalue weighted by Gasteiger charge is 2.28. The van der Waals surface area contributed by atoms with E-state index in [-0.39, 0.29) is 27.0 Å². The summed E-state index contributed by atoms with van der Waals surface area (Å²) in [7, 11) is -1.33. The first-order valence-corrected chi connectivity index (χ1v) is 11.1. The maximum Gasteiger partial charge on any atom is 0.264 e. The lowest BCUT2D eigenvalue weighted by Gasteiger charge is -2.24. The molecule has 0 aliphatic rings. The lowest BCUT2D eigenvalue weighted by molar-refractivity contribution is -0.114. The molecule has 0 atom stereocenters. The number of anilines is 2. The molecule has 0 aliphatic heterocycles. The van der Waals surface area contributed by atoms with E-state index in [0.717, 1.165) is 10.4 Å². The first-order valence-electron chi connectivity index (χ1n) is 9.31. The van der Waals surface area contributed by atoms with Crippen LogP contribution in [0.3, 0.4) is 0 Å². The van der Waals surface area contributed by atoms with Gasteiger partial charge in [0.05, 0.1) is 29.8 Å². The van der Waals surface area contributed by atoms with Crippen LogP contribution in [-0.2, 0) is 14.8 Å². The largest absolute Gasteiger partial charge is 0.493 e. The van der Waals surface area contributed by atoms with Crippen LogP contribution < -0.4 is 19.1 Å². The van der Waals surface area contributed by atoms with E-state index < -0.39 is 28.3 Å². The number of carbonyl (C=O) groups excluding carboxylic acids is 1. The standard InChI is InChI=1S/C22H20ClFN2O5S/c1-30-20-11-9-17(13-21(20)31-2)32(28,29)26(16-6-4-3-5-7-16)14-22(27)25-15-8-10-19(24)18(23)12-15/h3-13H,14H2,1-2H3,(H,25,27). The van der Waals surface area contributed by atoms with Gasteiger partial charge in [0, 0.05) is 11.8 Å². The van der Waals surface area contributed by atoms with E-state index in [9.17, 15) is 17.6 Å². The first-order chi connectivity index (χ1) is 15.3. The molecule has 0 radical (unpaired) electrons. The van der Waals surface area contributed by atoms with Crippen molar-refractivity contribution in [2.45, 2.75) is 4.90 Å². The van der Waals surface area contributed by atoms with Crippen LogP contribution >= 0.6 is 11.6 Å². The zero-order valence-corrected chi connectivity index (χ0v) is 18.8. The van der Waals surface area contributed by atoms with Gasteiger partial charge < -0.3 is 14.8 Å². The Morgan fingerprint density at radius 1 is 1.00 bits per heavy atom. The molecule has 0 spiro atoms. The summed E-state index contributed by atoms with van der Waals surface area (Å²) in [5.74, 6) is -0.678. The predicted octanol–water partition coefficient (Wildman–Crippen LogP) is 4.33. The first kappa shape index (κ1) is 23.4. The van der Waals surface area contributed by atoms with Crippen LogP contribution in [0.5, 0.6) is 11.5 Å². The van der Waals surface area contributed by atoms with Gasteiger partial charge in [-0.05, 0) is 42.5 Å². The van der Waals surface area contributed by atoms with Crippen LogP contribution in [0.1, 0.15) is 0 Å². The van der Waals surface area contributed by atoms with Crippen molar-refractivity contribution in [3.8, 4) is 11.5 Å². The SMILES string of the molecule is COc1ccc(S(=O)(=O)N(CC(=O)Nc2ccc(F)c(Cl)c2)c2ccccc2)cc1OC. The van der Waals surface area contributed by atoms with Gasteiger partial charge in [-0.2, -0.15) is 0 Å². The second-order valence-electron chi connectivity index (χ2n) is 6.54. The topological polar surface area (TPSA) is 84.9 Å². The van der Waals surface area contributed by atoms with Crippen molar-refractivity contribution < 1.29 is 27.1 Å². The van der Waals surface area contributed by atoms with Gasteiger partial charge in [0.2, 0.25) is 5.91 Å². The minimum atomic E-state index is -4.16. The molecule has 3 rings (SSSR count). The summed E-state index contributed by atoms with van der Waals surface area (Å²) >= 11 is 5.75. The number of hydrogen-bond donors (Lipinski definition) is 1. The lowest BCUT2D eigenvalue weighted by atomic mass is 10.3. The lowest BCUT2D eigenvalue weighted by Crippen LogP contribution is -2.38. The van der Waals surface area contributed by atoms with Crippen LogP contribution in [0, 0.1) is 5.82 Å². The number of ether oxygens (including phenoxy) is 2. The van der Waals surface area contributed by atoms with E-state index in [1.54, 1.807) is 30.3 Å². The third-order valence-electron chi connectivity index (χ3n) is 4.48. The van der Waals surface area contributed by atoms with Gasteiger partial charge in [-0.25, -0.2) is 12.8 Å². The third kappa shape index (κ3) is 5.12. The highest BCUT2D eigenvalue weighted by Crippen LogP contribution is 2.32. The van der Waals surface area contributed by atoms with Crippen LogP contribution in [0.4, 0.5) is 15.8 Å². The van der Waals surface area contributed by atoms with Gasteiger partial charge in [-0.15, -0.1) is 0 Å². The van der Waals surface area contributed by atoms with Crippen LogP contribution in [0.2, 0.25) is 5.02 Å². The smallest absolute Gasteiger partial charge is 0.264 e. The summed E-state index contributed by atoms with van der Waals surface area (Å²) < 4.78 is 51.6. The number of hydrogen-bond acceptors (Lipinski definition) is 5. The Morgan fingerprint density at radius 2 is 1.69 bits per heavy atom. The number of halogens is 2. The molecule has 0 fully saturated rings. The Morgan fingerprint density at radius 3 is 2.31 bits per heavy atom. The molecular formula is C22H20ClFN2O5S. The summed E-state index contributed by atoms with van der Waals surface area (Å²) in [6.07, 6.45) is 0. The van der Waals surface area contributed by atoms with Crippen LogP contribution in [0.25, 0.3) is 0 Å². The van der Waals surface area contributed by atoms with E-state index in [1.807, 2.05) is 0 Å². The van der Waals surface area contributed by atoms with Crippen molar-refractivity contribution in [3.63, 3.8) is 0 Å². The molecule has 0 aliphatic carbocycles. The monoisotopic (exact) mass is 478 g/mol. The molecule has 32 heavy (non-hydrogen) atoms. The minimum Gasteiger partial charge on any atom is -0.493 e. The van der Waals surface area contributed by atoms with Crippen molar-refractivity contribution >= 4 is 38.9 Å². The average Bonchev–Trinajstić information content (AvgIpc) is 2.79. The van der Waals surface area contributed by atoms with Crippen molar-refractivity contribution in [1.29, 1.82) is 0 Å². The molecule has 168 valence electrons. The molecule has 10 heteroatoms. The number of nitrogens with zero attached hydrogens (tertiary/aromatic N) is 1. The zero-order valence-electron chi connectivity index (χ0n) is 17.2. The summed E-state index contributed by atoms with van der Waals surface area (Å²) in [6.45, 7) is -0.532. The fourth-order valence-corrected chi connectivity index (χ4v) is 4.54. The van der Waals surface area contributed by atoms with Gasteiger partial charge >= 0.3 is 0 Å². The predicted molar refractivity (Wildman–Crippen MR) is 121 cm³/mol. The number of nitrogens with one attached hydrogen (secondary N) is 1. The summed E-state index contributed by atoms with van der Waals surface area (Å²) in [6, 6.07) is 16.0. The second kappa shape index (κ2) is 9.88. The number of amides is 1. The highest BCUT2D eigenvalue weighted by atomic mass is 35.5. The number of methoxy groups -OCH3 is 2. The Kier molecular flexibility index (Phi) is 7.22. The Balaban J connectivity index is 1.95. The van der Waals surface area contributed by atoms with E-state index in [4.69, 9.17) is 21.1 Å². The molecule has 0 heterocycles. The molecule has 7 nitrogen and oxygen atoms in total. The van der Waals surface area contributed by atoms with E-state index in [1.165, 1.54) is 44.6 Å². The quantitative estimate of drug-likeness (QED) is 0.521. The molecule has 0 aromatic heterocycles. The van der Waals surface area contributed by atoms with Crippen molar-refractivity contribution in [3.05, 3.63) is 77.6 Å².